The van der Waals surface area contributed by atoms with Crippen LogP contribution in [0, 0.1) is 5.92 Å². The van der Waals surface area contributed by atoms with Gasteiger partial charge in [0.2, 0.25) is 10.0 Å². The van der Waals surface area contributed by atoms with E-state index in [2.05, 4.69) is 5.32 Å². The number of nitrogens with zero attached hydrogens (tertiary/aromatic N) is 1. The fraction of sp³-hybridized carbons (Fsp3) is 0.643. The first-order valence-electron chi connectivity index (χ1n) is 7.38. The van der Waals surface area contributed by atoms with E-state index in [1.807, 2.05) is 6.92 Å². The van der Waals surface area contributed by atoms with Crippen LogP contribution in [0.25, 0.3) is 0 Å². The monoisotopic (exact) mass is 328 g/mol. The topological polar surface area (TPSA) is 66.5 Å². The van der Waals surface area contributed by atoms with Crippen molar-refractivity contribution in [3.05, 3.63) is 16.3 Å². The second-order valence-corrected chi connectivity index (χ2v) is 8.65. The molecule has 1 unspecified atom stereocenters. The number of hydrogen-bond donors (Lipinski definition) is 1. The van der Waals surface area contributed by atoms with Gasteiger partial charge in [0.15, 0.2) is 0 Å². The van der Waals surface area contributed by atoms with E-state index in [4.69, 9.17) is 0 Å². The van der Waals surface area contributed by atoms with Gasteiger partial charge in [0.1, 0.15) is 9.77 Å². The van der Waals surface area contributed by atoms with Crippen LogP contribution in [-0.4, -0.2) is 37.8 Å². The quantitative estimate of drug-likeness (QED) is 0.900. The summed E-state index contributed by atoms with van der Waals surface area (Å²) in [6.45, 7) is 3.09. The molecule has 2 fully saturated rings. The average Bonchev–Trinajstić information content (AvgIpc) is 2.95. The smallest absolute Gasteiger partial charge is 0.262 e. The molecule has 1 aromatic rings. The Balaban J connectivity index is 1.81. The second kappa shape index (κ2) is 5.70. The third kappa shape index (κ3) is 3.00. The maximum Gasteiger partial charge on any atom is 0.262 e. The molecule has 2 heterocycles. The summed E-state index contributed by atoms with van der Waals surface area (Å²) in [5, 5.41) is 4.62. The molecule has 7 heteroatoms. The van der Waals surface area contributed by atoms with E-state index in [1.54, 1.807) is 11.4 Å². The molecule has 1 saturated heterocycles. The fourth-order valence-electron chi connectivity index (χ4n) is 2.72. The van der Waals surface area contributed by atoms with E-state index in [-0.39, 0.29) is 16.8 Å². The first-order valence-corrected chi connectivity index (χ1v) is 9.70. The van der Waals surface area contributed by atoms with Gasteiger partial charge in [-0.15, -0.1) is 11.3 Å². The zero-order chi connectivity index (χ0) is 15.0. The van der Waals surface area contributed by atoms with E-state index in [0.29, 0.717) is 23.9 Å². The van der Waals surface area contributed by atoms with Crippen LogP contribution in [0.4, 0.5) is 0 Å². The Bertz CT molecular complexity index is 628. The van der Waals surface area contributed by atoms with Crippen molar-refractivity contribution < 1.29 is 13.2 Å². The minimum Gasteiger partial charge on any atom is -0.349 e. The highest BCUT2D eigenvalue weighted by Gasteiger charge is 2.34. The number of nitrogens with one attached hydrogen (secondary N) is 1. The lowest BCUT2D eigenvalue weighted by atomic mass is 10.2. The molecule has 1 amide bonds. The van der Waals surface area contributed by atoms with Crippen molar-refractivity contribution in [2.75, 3.05) is 13.1 Å². The van der Waals surface area contributed by atoms with Gasteiger partial charge in [-0.3, -0.25) is 4.79 Å². The number of rotatable bonds is 5. The van der Waals surface area contributed by atoms with Crippen molar-refractivity contribution in [1.29, 1.82) is 0 Å². The van der Waals surface area contributed by atoms with Gasteiger partial charge in [0, 0.05) is 19.1 Å². The van der Waals surface area contributed by atoms with Gasteiger partial charge >= 0.3 is 0 Å². The van der Waals surface area contributed by atoms with E-state index in [1.165, 1.54) is 15.6 Å². The largest absolute Gasteiger partial charge is 0.349 e. The number of carbonyl (C=O) groups excluding carboxylic acids is 1. The summed E-state index contributed by atoms with van der Waals surface area (Å²) in [6.07, 6.45) is 4.07. The van der Waals surface area contributed by atoms with Gasteiger partial charge in [-0.1, -0.05) is 0 Å². The van der Waals surface area contributed by atoms with E-state index in [0.717, 1.165) is 25.7 Å². The second-order valence-electron chi connectivity index (χ2n) is 5.82. The van der Waals surface area contributed by atoms with Gasteiger partial charge in [0.25, 0.3) is 5.91 Å². The third-order valence-corrected chi connectivity index (χ3v) is 7.19. The summed E-state index contributed by atoms with van der Waals surface area (Å²) >= 11 is 1.20. The lowest BCUT2D eigenvalue weighted by Gasteiger charge is -2.17. The third-order valence-electron chi connectivity index (χ3n) is 4.21. The van der Waals surface area contributed by atoms with Gasteiger partial charge in [-0.05, 0) is 50.0 Å². The van der Waals surface area contributed by atoms with Gasteiger partial charge in [0.05, 0.1) is 0 Å². The molecule has 5 nitrogen and oxygen atoms in total. The highest BCUT2D eigenvalue weighted by atomic mass is 32.2. The number of carbonyl (C=O) groups is 1. The molecule has 1 aliphatic carbocycles. The van der Waals surface area contributed by atoms with Crippen molar-refractivity contribution in [1.82, 2.24) is 9.62 Å². The lowest BCUT2D eigenvalue weighted by Crippen LogP contribution is -2.35. The van der Waals surface area contributed by atoms with Crippen LogP contribution in [0.15, 0.2) is 16.3 Å². The highest BCUT2D eigenvalue weighted by Crippen LogP contribution is 2.33. The van der Waals surface area contributed by atoms with Crippen molar-refractivity contribution >= 4 is 27.3 Å². The van der Waals surface area contributed by atoms with Crippen LogP contribution < -0.4 is 5.32 Å². The van der Waals surface area contributed by atoms with Crippen LogP contribution in [0.2, 0.25) is 0 Å². The summed E-state index contributed by atoms with van der Waals surface area (Å²) in [5.74, 6) is 0.287. The summed E-state index contributed by atoms with van der Waals surface area (Å²) in [5.41, 5.74) is 0. The summed E-state index contributed by atoms with van der Waals surface area (Å²) < 4.78 is 26.7. The molecule has 1 atom stereocenters. The van der Waals surface area contributed by atoms with Crippen LogP contribution >= 0.6 is 11.3 Å². The maximum atomic E-state index is 12.6. The summed E-state index contributed by atoms with van der Waals surface area (Å²) in [4.78, 5) is 12.8. The minimum atomic E-state index is -3.53. The molecule has 0 aromatic carbocycles. The van der Waals surface area contributed by atoms with Crippen molar-refractivity contribution in [2.45, 2.75) is 43.5 Å². The molecule has 1 saturated carbocycles. The molecule has 3 rings (SSSR count). The Morgan fingerprint density at radius 3 is 2.67 bits per heavy atom. The Morgan fingerprint density at radius 2 is 2.05 bits per heavy atom. The van der Waals surface area contributed by atoms with E-state index >= 15 is 0 Å². The highest BCUT2D eigenvalue weighted by molar-refractivity contribution is 7.89. The molecule has 1 N–H and O–H groups in total. The van der Waals surface area contributed by atoms with Gasteiger partial charge < -0.3 is 5.32 Å². The van der Waals surface area contributed by atoms with E-state index < -0.39 is 10.0 Å². The zero-order valence-corrected chi connectivity index (χ0v) is 13.7. The Morgan fingerprint density at radius 1 is 1.38 bits per heavy atom. The molecule has 0 radical (unpaired) electrons. The Labute approximate surface area is 129 Å². The molecule has 1 aromatic heterocycles. The molecule has 21 heavy (non-hydrogen) atoms. The predicted octanol–water partition coefficient (Wildman–Crippen LogP) is 2.06. The number of amides is 1. The van der Waals surface area contributed by atoms with Crippen LogP contribution in [0.3, 0.4) is 0 Å². The van der Waals surface area contributed by atoms with Crippen LogP contribution in [0.1, 0.15) is 42.3 Å². The van der Waals surface area contributed by atoms with Crippen molar-refractivity contribution in [3.63, 3.8) is 0 Å². The average molecular weight is 328 g/mol. The molecule has 2 aliphatic rings. The maximum absolute atomic E-state index is 12.6. The summed E-state index contributed by atoms with van der Waals surface area (Å²) in [6, 6.07) is 1.66. The van der Waals surface area contributed by atoms with Crippen LogP contribution in [0.5, 0.6) is 0 Å². The minimum absolute atomic E-state index is 0.113. The molecule has 0 bridgehead atoms. The molecular formula is C14H20N2O3S2. The molecule has 0 spiro atoms. The zero-order valence-electron chi connectivity index (χ0n) is 12.0. The molecule has 1 aliphatic heterocycles. The molecular weight excluding hydrogens is 308 g/mol. The first-order chi connectivity index (χ1) is 10.00. The Kier molecular flexibility index (Phi) is 4.07. The molecule has 116 valence electrons. The predicted molar refractivity (Wildman–Crippen MR) is 82.0 cm³/mol. The normalized spacial score (nSPS) is 21.4. The fourth-order valence-corrected chi connectivity index (χ4v) is 5.54. The van der Waals surface area contributed by atoms with E-state index in [9.17, 15) is 13.2 Å². The SMILES string of the molecule is CC(NC(=O)c1sccc1S(=O)(=O)N1CCCC1)C1CC1. The first kappa shape index (κ1) is 15.0. The summed E-state index contributed by atoms with van der Waals surface area (Å²) in [7, 11) is -3.53. The van der Waals surface area contributed by atoms with Crippen molar-refractivity contribution in [3.8, 4) is 0 Å². The number of sulfonamides is 1. The van der Waals surface area contributed by atoms with Crippen LogP contribution in [-0.2, 0) is 10.0 Å². The standard InChI is InChI=1S/C14H20N2O3S2/c1-10(11-4-5-11)15-14(17)13-12(6-9-20-13)21(18,19)16-7-2-3-8-16/h6,9-11H,2-5,7-8H2,1H3,(H,15,17). The van der Waals surface area contributed by atoms with Crippen molar-refractivity contribution in [2.24, 2.45) is 5.92 Å². The Hall–Kier alpha value is -0.920. The number of thiophene rings is 1. The number of hydrogen-bond acceptors (Lipinski definition) is 4. The lowest BCUT2D eigenvalue weighted by molar-refractivity contribution is 0.0937. The van der Waals surface area contributed by atoms with Gasteiger partial charge in [-0.25, -0.2) is 8.42 Å². The van der Waals surface area contributed by atoms with Gasteiger partial charge in [-0.2, -0.15) is 4.31 Å².